The zero-order chi connectivity index (χ0) is 15.1. The molecule has 0 saturated carbocycles. The predicted molar refractivity (Wildman–Crippen MR) is 86.2 cm³/mol. The lowest BCUT2D eigenvalue weighted by atomic mass is 10.1. The molecule has 21 heavy (non-hydrogen) atoms. The highest BCUT2D eigenvalue weighted by Gasteiger charge is 2.11. The van der Waals surface area contributed by atoms with E-state index in [2.05, 4.69) is 45.0 Å². The summed E-state index contributed by atoms with van der Waals surface area (Å²) in [4.78, 5) is 8.46. The van der Waals surface area contributed by atoms with Gasteiger partial charge in [0, 0.05) is 23.0 Å². The van der Waals surface area contributed by atoms with Crippen LogP contribution in [0.2, 0.25) is 0 Å². The lowest BCUT2D eigenvalue weighted by molar-refractivity contribution is 0.317. The molecule has 0 bridgehead atoms. The number of methoxy groups -OCH3 is 1. The molecule has 0 aliphatic carbocycles. The first-order chi connectivity index (χ1) is 10.2. The van der Waals surface area contributed by atoms with Crippen LogP contribution in [0.15, 0.2) is 36.7 Å². The molecule has 0 saturated heterocycles. The summed E-state index contributed by atoms with van der Waals surface area (Å²) in [6, 6.07) is 9.98. The monoisotopic (exact) mass is 350 g/mol. The molecule has 5 heteroatoms. The number of benzene rings is 1. The van der Waals surface area contributed by atoms with E-state index < -0.39 is 0 Å². The van der Waals surface area contributed by atoms with Crippen LogP contribution >= 0.6 is 15.9 Å². The van der Waals surface area contributed by atoms with Crippen molar-refractivity contribution in [2.75, 3.05) is 13.7 Å². The number of ether oxygens (including phenoxy) is 2. The first kappa shape index (κ1) is 15.8. The Labute approximate surface area is 133 Å². The molecule has 1 aromatic carbocycles. The highest BCUT2D eigenvalue weighted by molar-refractivity contribution is 9.09. The summed E-state index contributed by atoms with van der Waals surface area (Å²) < 4.78 is 10.8. The zero-order valence-electron chi connectivity index (χ0n) is 12.3. The Kier molecular flexibility index (Phi) is 5.99. The van der Waals surface area contributed by atoms with E-state index in [0.29, 0.717) is 5.88 Å². The molecule has 1 unspecified atom stereocenters. The Bertz CT molecular complexity index is 578. The van der Waals surface area contributed by atoms with E-state index in [9.17, 15) is 0 Å². The third kappa shape index (κ3) is 4.70. The van der Waals surface area contributed by atoms with E-state index in [4.69, 9.17) is 9.47 Å². The average molecular weight is 351 g/mol. The molecule has 1 heterocycles. The van der Waals surface area contributed by atoms with Crippen molar-refractivity contribution in [1.82, 2.24) is 9.97 Å². The lowest BCUT2D eigenvalue weighted by Gasteiger charge is -2.12. The molecule has 0 amide bonds. The van der Waals surface area contributed by atoms with Gasteiger partial charge in [-0.05, 0) is 24.1 Å². The Morgan fingerprint density at radius 2 is 2.10 bits per heavy atom. The van der Waals surface area contributed by atoms with Gasteiger partial charge in [-0.25, -0.2) is 9.97 Å². The quantitative estimate of drug-likeness (QED) is 0.709. The molecule has 0 radical (unpaired) electrons. The second kappa shape index (κ2) is 7.98. The zero-order valence-corrected chi connectivity index (χ0v) is 13.8. The Hall–Kier alpha value is -1.62. The van der Waals surface area contributed by atoms with E-state index in [1.807, 2.05) is 18.2 Å². The molecule has 0 N–H and O–H groups in total. The van der Waals surface area contributed by atoms with Crippen LogP contribution < -0.4 is 9.47 Å². The fourth-order valence-electron chi connectivity index (χ4n) is 1.92. The smallest absolute Gasteiger partial charge is 0.216 e. The molecule has 2 aromatic rings. The second-order valence-corrected chi connectivity index (χ2v) is 5.75. The Balaban J connectivity index is 2.06. The second-order valence-electron chi connectivity index (χ2n) is 4.64. The van der Waals surface area contributed by atoms with Crippen LogP contribution in [0, 0.1) is 0 Å². The highest BCUT2D eigenvalue weighted by atomic mass is 79.9. The fraction of sp³-hybridized carbons (Fsp3) is 0.375. The number of nitrogens with zero attached hydrogens (tertiary/aromatic N) is 2. The number of hydrogen-bond acceptors (Lipinski definition) is 4. The number of alkyl halides is 1. The maximum absolute atomic E-state index is 5.67. The van der Waals surface area contributed by atoms with Crippen LogP contribution in [-0.4, -0.2) is 23.7 Å². The van der Waals surface area contributed by atoms with Gasteiger partial charge in [0.15, 0.2) is 0 Å². The van der Waals surface area contributed by atoms with E-state index in [1.54, 1.807) is 7.11 Å². The van der Waals surface area contributed by atoms with Crippen LogP contribution in [0.25, 0.3) is 0 Å². The average Bonchev–Trinajstić information content (AvgIpc) is 2.53. The summed E-state index contributed by atoms with van der Waals surface area (Å²) in [6.45, 7) is 2.83. The molecular formula is C16H19BrN2O2. The molecule has 1 aromatic heterocycles. The van der Waals surface area contributed by atoms with Crippen LogP contribution in [0.5, 0.6) is 11.6 Å². The summed E-state index contributed by atoms with van der Waals surface area (Å²) in [5.74, 6) is 1.48. The normalized spacial score (nSPS) is 12.0. The predicted octanol–water partition coefficient (Wildman–Crippen LogP) is 3.95. The van der Waals surface area contributed by atoms with E-state index >= 15 is 0 Å². The number of aromatic nitrogens is 2. The minimum absolute atomic E-state index is 0.169. The van der Waals surface area contributed by atoms with Gasteiger partial charge in [0.05, 0.1) is 13.7 Å². The van der Waals surface area contributed by atoms with Crippen molar-refractivity contribution >= 4 is 15.9 Å². The van der Waals surface area contributed by atoms with Crippen molar-refractivity contribution in [2.24, 2.45) is 0 Å². The minimum Gasteiger partial charge on any atom is -0.494 e. The molecular weight excluding hydrogens is 332 g/mol. The van der Waals surface area contributed by atoms with Crippen LogP contribution in [-0.2, 0) is 6.42 Å². The molecule has 4 nitrogen and oxygen atoms in total. The van der Waals surface area contributed by atoms with Gasteiger partial charge in [0.2, 0.25) is 5.88 Å². The van der Waals surface area contributed by atoms with Gasteiger partial charge in [-0.2, -0.15) is 0 Å². The number of halogens is 1. The molecule has 0 aliphatic heterocycles. The summed E-state index contributed by atoms with van der Waals surface area (Å²) in [7, 11) is 1.60. The third-order valence-corrected chi connectivity index (χ3v) is 3.84. The van der Waals surface area contributed by atoms with Crippen LogP contribution in [0.4, 0.5) is 0 Å². The first-order valence-electron chi connectivity index (χ1n) is 6.94. The van der Waals surface area contributed by atoms with Gasteiger partial charge in [0.25, 0.3) is 0 Å². The maximum Gasteiger partial charge on any atom is 0.216 e. The fourth-order valence-corrected chi connectivity index (χ4v) is 2.54. The topological polar surface area (TPSA) is 44.2 Å². The van der Waals surface area contributed by atoms with E-state index in [0.717, 1.165) is 30.9 Å². The van der Waals surface area contributed by atoms with Crippen molar-refractivity contribution in [3.63, 3.8) is 0 Å². The van der Waals surface area contributed by atoms with Crippen molar-refractivity contribution in [2.45, 2.75) is 24.6 Å². The van der Waals surface area contributed by atoms with E-state index in [-0.39, 0.29) is 4.83 Å². The molecule has 0 spiro atoms. The van der Waals surface area contributed by atoms with Crippen LogP contribution in [0.1, 0.15) is 29.4 Å². The van der Waals surface area contributed by atoms with Crippen molar-refractivity contribution < 1.29 is 9.47 Å². The molecule has 112 valence electrons. The maximum atomic E-state index is 5.67. The van der Waals surface area contributed by atoms with Gasteiger partial charge in [-0.1, -0.05) is 35.0 Å². The summed E-state index contributed by atoms with van der Waals surface area (Å²) in [5, 5.41) is 0. The summed E-state index contributed by atoms with van der Waals surface area (Å²) >= 11 is 3.71. The highest BCUT2D eigenvalue weighted by Crippen LogP contribution is 2.29. The van der Waals surface area contributed by atoms with E-state index in [1.165, 1.54) is 11.9 Å². The summed E-state index contributed by atoms with van der Waals surface area (Å²) in [5.41, 5.74) is 2.10. The summed E-state index contributed by atoms with van der Waals surface area (Å²) in [6.07, 6.45) is 3.29. The lowest BCUT2D eigenvalue weighted by Crippen LogP contribution is -2.01. The molecule has 1 atom stereocenters. The largest absolute Gasteiger partial charge is 0.494 e. The number of rotatable bonds is 7. The van der Waals surface area contributed by atoms with Gasteiger partial charge in [-0.15, -0.1) is 0 Å². The Morgan fingerprint density at radius 1 is 1.24 bits per heavy atom. The van der Waals surface area contributed by atoms with Gasteiger partial charge in [0.1, 0.15) is 12.1 Å². The first-order valence-corrected chi connectivity index (χ1v) is 7.86. The van der Waals surface area contributed by atoms with Crippen LogP contribution in [0.3, 0.4) is 0 Å². The van der Waals surface area contributed by atoms with Gasteiger partial charge >= 0.3 is 0 Å². The SMILES string of the molecule is CCCOc1cccc(C(Br)Cc2cc(OC)ncn2)c1. The third-order valence-electron chi connectivity index (χ3n) is 2.99. The standard InChI is InChI=1S/C16H19BrN2O2/c1-3-7-21-14-6-4-5-12(8-14)15(17)9-13-10-16(20-2)19-11-18-13/h4-6,8,10-11,15H,3,7,9H2,1-2H3. The minimum atomic E-state index is 0.169. The van der Waals surface area contributed by atoms with Crippen molar-refractivity contribution in [3.05, 3.63) is 47.9 Å². The molecule has 0 aliphatic rings. The molecule has 0 fully saturated rings. The Morgan fingerprint density at radius 3 is 2.86 bits per heavy atom. The number of hydrogen-bond donors (Lipinski definition) is 0. The van der Waals surface area contributed by atoms with Gasteiger partial charge in [-0.3, -0.25) is 0 Å². The van der Waals surface area contributed by atoms with Crippen molar-refractivity contribution in [1.29, 1.82) is 0 Å². The molecule has 2 rings (SSSR count). The van der Waals surface area contributed by atoms with Gasteiger partial charge < -0.3 is 9.47 Å². The van der Waals surface area contributed by atoms with Crippen molar-refractivity contribution in [3.8, 4) is 11.6 Å².